The maximum atomic E-state index is 13.6. The van der Waals surface area contributed by atoms with Crippen LogP contribution < -0.4 is 11.2 Å². The predicted molar refractivity (Wildman–Crippen MR) is 51.8 cm³/mol. The lowest BCUT2D eigenvalue weighted by Gasteiger charge is -2.19. The Morgan fingerprint density at radius 3 is 2.83 bits per heavy atom. The van der Waals surface area contributed by atoms with Crippen molar-refractivity contribution in [3.63, 3.8) is 0 Å². The van der Waals surface area contributed by atoms with Gasteiger partial charge in [-0.3, -0.25) is 14.3 Å². The van der Waals surface area contributed by atoms with E-state index in [1.54, 1.807) is 4.98 Å². The molecular weight excluding hydrogens is 257 g/mol. The molecule has 6 nitrogen and oxygen atoms in total. The molecule has 100 valence electrons. The molecule has 0 aliphatic carbocycles. The van der Waals surface area contributed by atoms with Crippen LogP contribution in [-0.2, 0) is 4.74 Å². The van der Waals surface area contributed by atoms with Gasteiger partial charge in [0, 0.05) is 6.42 Å². The lowest BCUT2D eigenvalue weighted by molar-refractivity contribution is -0.196. The molecule has 18 heavy (non-hydrogen) atoms. The second kappa shape index (κ2) is 4.25. The van der Waals surface area contributed by atoms with E-state index in [1.807, 2.05) is 0 Å². The molecule has 1 aromatic rings. The number of hydrogen-bond acceptors (Lipinski definition) is 4. The van der Waals surface area contributed by atoms with Crippen LogP contribution in [0.15, 0.2) is 15.8 Å². The molecule has 0 aromatic carbocycles. The number of aliphatic hydroxyl groups excluding tert-OH is 1. The highest BCUT2D eigenvalue weighted by Gasteiger charge is 2.51. The fraction of sp³-hybridized carbons (Fsp3) is 0.556. The number of alkyl halides is 2. The fourth-order valence-electron chi connectivity index (χ4n) is 1.68. The van der Waals surface area contributed by atoms with E-state index in [4.69, 9.17) is 5.11 Å². The first-order chi connectivity index (χ1) is 8.37. The van der Waals surface area contributed by atoms with Crippen LogP contribution >= 0.6 is 0 Å². The van der Waals surface area contributed by atoms with Crippen molar-refractivity contribution in [1.29, 1.82) is 0 Å². The van der Waals surface area contributed by atoms with E-state index in [1.165, 1.54) is 0 Å². The molecule has 1 aliphatic heterocycles. The van der Waals surface area contributed by atoms with Crippen LogP contribution in [0, 0.1) is 5.82 Å². The Morgan fingerprint density at radius 1 is 1.61 bits per heavy atom. The second-order valence-corrected chi connectivity index (χ2v) is 3.86. The number of H-pyrrole nitrogens is 1. The first-order valence-corrected chi connectivity index (χ1v) is 5.00. The van der Waals surface area contributed by atoms with Gasteiger partial charge in [-0.2, -0.15) is 4.39 Å². The molecule has 0 saturated carbocycles. The summed E-state index contributed by atoms with van der Waals surface area (Å²) in [5, 5.41) is 8.67. The van der Waals surface area contributed by atoms with Gasteiger partial charge in [-0.25, -0.2) is 13.6 Å². The van der Waals surface area contributed by atoms with Gasteiger partial charge < -0.3 is 9.84 Å². The number of hydrogen-bond donors (Lipinski definition) is 2. The molecular formula is C9H9F3N2O4. The molecule has 0 spiro atoms. The summed E-state index contributed by atoms with van der Waals surface area (Å²) in [6.45, 7) is -1.23. The molecule has 2 N–H and O–H groups in total. The smallest absolute Gasteiger partial charge is 0.330 e. The van der Waals surface area contributed by atoms with Crippen molar-refractivity contribution in [3.8, 4) is 0 Å². The summed E-state index contributed by atoms with van der Waals surface area (Å²) in [7, 11) is 0. The number of rotatable bonds is 2. The number of aromatic amines is 1. The Hall–Kier alpha value is -1.61. The highest BCUT2D eigenvalue weighted by Crippen LogP contribution is 2.38. The normalized spacial score (nSPS) is 31.8. The number of nitrogens with one attached hydrogen (secondary N) is 1. The van der Waals surface area contributed by atoms with Crippen LogP contribution in [-0.4, -0.2) is 33.3 Å². The number of aromatic nitrogens is 2. The number of halogens is 3. The first kappa shape index (κ1) is 12.8. The van der Waals surface area contributed by atoms with Crippen molar-refractivity contribution >= 4 is 0 Å². The quantitative estimate of drug-likeness (QED) is 0.762. The van der Waals surface area contributed by atoms with E-state index in [0.717, 1.165) is 0 Å². The molecule has 0 unspecified atom stereocenters. The standard InChI is InChI=1S/C9H9F3N2O4/c10-4-2-14(8(17)13-7(4)16)6-1-5(11)9(12,3-15)18-6/h2,5-6,15H,1,3H2,(H,13,16,17)/t5-,6+,9+/m0/s1. The van der Waals surface area contributed by atoms with Crippen LogP contribution in [0.5, 0.6) is 0 Å². The van der Waals surface area contributed by atoms with Gasteiger partial charge in [-0.1, -0.05) is 0 Å². The lowest BCUT2D eigenvalue weighted by atomic mass is 10.2. The van der Waals surface area contributed by atoms with Gasteiger partial charge in [0.15, 0.2) is 6.17 Å². The van der Waals surface area contributed by atoms with Crippen molar-refractivity contribution in [1.82, 2.24) is 9.55 Å². The molecule has 1 fully saturated rings. The van der Waals surface area contributed by atoms with E-state index in [0.29, 0.717) is 10.8 Å². The average molecular weight is 266 g/mol. The van der Waals surface area contributed by atoms with Crippen LogP contribution in [0.25, 0.3) is 0 Å². The van der Waals surface area contributed by atoms with Gasteiger partial charge in [-0.05, 0) is 0 Å². The van der Waals surface area contributed by atoms with Crippen LogP contribution in [0.1, 0.15) is 12.6 Å². The van der Waals surface area contributed by atoms with Gasteiger partial charge in [0.1, 0.15) is 12.8 Å². The van der Waals surface area contributed by atoms with Gasteiger partial charge >= 0.3 is 5.69 Å². The number of aliphatic hydroxyl groups is 1. The van der Waals surface area contributed by atoms with Gasteiger partial charge in [0.05, 0.1) is 6.20 Å². The van der Waals surface area contributed by atoms with Crippen LogP contribution in [0.4, 0.5) is 13.2 Å². The topological polar surface area (TPSA) is 84.3 Å². The maximum absolute atomic E-state index is 13.6. The molecule has 2 rings (SSSR count). The van der Waals surface area contributed by atoms with E-state index in [9.17, 15) is 22.8 Å². The van der Waals surface area contributed by atoms with Crippen molar-refractivity contribution in [2.75, 3.05) is 6.61 Å². The molecule has 2 heterocycles. The summed E-state index contributed by atoms with van der Waals surface area (Å²) in [5.74, 6) is -4.22. The molecule has 1 aromatic heterocycles. The van der Waals surface area contributed by atoms with Crippen LogP contribution in [0.2, 0.25) is 0 Å². The third-order valence-electron chi connectivity index (χ3n) is 2.66. The van der Waals surface area contributed by atoms with E-state index in [2.05, 4.69) is 4.74 Å². The minimum Gasteiger partial charge on any atom is -0.390 e. The molecule has 0 amide bonds. The largest absolute Gasteiger partial charge is 0.390 e. The zero-order valence-corrected chi connectivity index (χ0v) is 8.90. The summed E-state index contributed by atoms with van der Waals surface area (Å²) in [6.07, 6.45) is -3.67. The zero-order chi connectivity index (χ0) is 13.5. The molecule has 1 aliphatic rings. The maximum Gasteiger partial charge on any atom is 0.330 e. The summed E-state index contributed by atoms with van der Waals surface area (Å²) in [6, 6.07) is 0. The lowest BCUT2D eigenvalue weighted by Crippen LogP contribution is -2.37. The Morgan fingerprint density at radius 2 is 2.28 bits per heavy atom. The van der Waals surface area contributed by atoms with E-state index >= 15 is 0 Å². The minimum absolute atomic E-state index is 0.502. The van der Waals surface area contributed by atoms with E-state index in [-0.39, 0.29) is 0 Å². The summed E-state index contributed by atoms with van der Waals surface area (Å²) < 4.78 is 44.9. The average Bonchev–Trinajstić information content (AvgIpc) is 2.61. The fourth-order valence-corrected chi connectivity index (χ4v) is 1.68. The SMILES string of the molecule is O=c1[nH]c(=O)n([C@H]2C[C@H](F)[C@@](F)(CO)O2)cc1F. The first-order valence-electron chi connectivity index (χ1n) is 5.00. The molecule has 0 radical (unpaired) electrons. The van der Waals surface area contributed by atoms with Gasteiger partial charge in [-0.15, -0.1) is 0 Å². The highest BCUT2D eigenvalue weighted by molar-refractivity contribution is 4.93. The summed E-state index contributed by atoms with van der Waals surface area (Å²) in [4.78, 5) is 23.8. The van der Waals surface area contributed by atoms with Crippen molar-refractivity contribution in [3.05, 3.63) is 32.9 Å². The molecule has 3 atom stereocenters. The summed E-state index contributed by atoms with van der Waals surface area (Å²) >= 11 is 0. The highest BCUT2D eigenvalue weighted by atomic mass is 19.2. The Labute approximate surface area is 97.6 Å². The van der Waals surface area contributed by atoms with Crippen molar-refractivity contribution in [2.45, 2.75) is 24.7 Å². The van der Waals surface area contributed by atoms with Crippen molar-refractivity contribution < 1.29 is 23.0 Å². The number of ether oxygens (including phenoxy) is 1. The Balaban J connectivity index is 2.38. The Bertz CT molecular complexity index is 572. The third kappa shape index (κ3) is 1.95. The van der Waals surface area contributed by atoms with Gasteiger partial charge in [0.25, 0.3) is 11.4 Å². The van der Waals surface area contributed by atoms with E-state index < -0.39 is 48.3 Å². The van der Waals surface area contributed by atoms with Gasteiger partial charge in [0.2, 0.25) is 5.82 Å². The molecule has 9 heteroatoms. The Kier molecular flexibility index (Phi) is 3.03. The second-order valence-electron chi connectivity index (χ2n) is 3.86. The minimum atomic E-state index is -2.93. The molecule has 1 saturated heterocycles. The number of nitrogens with zero attached hydrogens (tertiary/aromatic N) is 1. The van der Waals surface area contributed by atoms with Crippen molar-refractivity contribution in [2.24, 2.45) is 0 Å². The predicted octanol–water partition coefficient (Wildman–Crippen LogP) is -0.409. The molecule has 0 bridgehead atoms. The van der Waals surface area contributed by atoms with Crippen LogP contribution in [0.3, 0.4) is 0 Å². The summed E-state index contributed by atoms with van der Waals surface area (Å²) in [5.41, 5.74) is -2.29. The third-order valence-corrected chi connectivity index (χ3v) is 2.66. The monoisotopic (exact) mass is 266 g/mol. The zero-order valence-electron chi connectivity index (χ0n) is 8.90.